The molecular weight excluding hydrogens is 232 g/mol. The number of carboxylic acids is 2. The molecule has 1 unspecified atom stereocenters. The van der Waals surface area contributed by atoms with Gasteiger partial charge in [0.15, 0.2) is 11.5 Å². The molecule has 0 aliphatic rings. The summed E-state index contributed by atoms with van der Waals surface area (Å²) < 4.78 is 0. The van der Waals surface area contributed by atoms with E-state index in [1.165, 1.54) is 0 Å². The molecule has 17 heavy (non-hydrogen) atoms. The molecule has 0 spiro atoms. The predicted molar refractivity (Wildman–Crippen MR) is 54.1 cm³/mol. The van der Waals surface area contributed by atoms with Crippen LogP contribution in [0.2, 0.25) is 0 Å². The van der Waals surface area contributed by atoms with Gasteiger partial charge in [-0.2, -0.15) is 0 Å². The summed E-state index contributed by atoms with van der Waals surface area (Å²) in [7, 11) is 0. The summed E-state index contributed by atoms with van der Waals surface area (Å²) >= 11 is 0. The van der Waals surface area contributed by atoms with E-state index in [9.17, 15) is 19.8 Å². The predicted octanol–water partition coefficient (Wildman–Crippen LogP) is 0.446. The molecule has 1 rings (SSSR count). The average Bonchev–Trinajstić information content (AvgIpc) is 2.23. The fraction of sp³-hybridized carbons (Fsp3) is 0.200. The first-order valence-electron chi connectivity index (χ1n) is 4.53. The third kappa shape index (κ3) is 2.57. The molecule has 7 heteroatoms. The van der Waals surface area contributed by atoms with Crippen LogP contribution in [0, 0.1) is 0 Å². The number of rotatable bonds is 4. The van der Waals surface area contributed by atoms with E-state index in [1.54, 1.807) is 0 Å². The fourth-order valence-corrected chi connectivity index (χ4v) is 1.37. The van der Waals surface area contributed by atoms with Gasteiger partial charge in [-0.3, -0.25) is 9.59 Å². The second kappa shape index (κ2) is 4.60. The summed E-state index contributed by atoms with van der Waals surface area (Å²) in [6, 6.07) is 2.02. The lowest BCUT2D eigenvalue weighted by Crippen LogP contribution is -2.16. The number of hydrogen-bond donors (Lipinski definition) is 5. The molecule has 92 valence electrons. The third-order valence-electron chi connectivity index (χ3n) is 2.21. The topological polar surface area (TPSA) is 135 Å². The second-order valence-corrected chi connectivity index (χ2v) is 3.36. The van der Waals surface area contributed by atoms with Crippen molar-refractivity contribution in [2.75, 3.05) is 0 Å². The zero-order valence-corrected chi connectivity index (χ0v) is 8.49. The van der Waals surface area contributed by atoms with Crippen LogP contribution < -0.4 is 0 Å². The molecular formula is C10H10O7. The Morgan fingerprint density at radius 3 is 2.12 bits per heavy atom. The zero-order chi connectivity index (χ0) is 13.2. The molecule has 0 aliphatic heterocycles. The van der Waals surface area contributed by atoms with E-state index in [2.05, 4.69) is 0 Å². The molecule has 0 heterocycles. The van der Waals surface area contributed by atoms with E-state index in [1.807, 2.05) is 0 Å². The number of phenols is 3. The third-order valence-corrected chi connectivity index (χ3v) is 2.21. The maximum atomic E-state index is 10.9. The zero-order valence-electron chi connectivity index (χ0n) is 8.49. The van der Waals surface area contributed by atoms with Gasteiger partial charge < -0.3 is 25.5 Å². The molecule has 1 atom stereocenters. The molecule has 0 aromatic heterocycles. The molecule has 0 radical (unpaired) electrons. The Labute approximate surface area is 95.2 Å². The van der Waals surface area contributed by atoms with Gasteiger partial charge >= 0.3 is 11.9 Å². The molecule has 0 bridgehead atoms. The lowest BCUT2D eigenvalue weighted by Gasteiger charge is -2.13. The minimum Gasteiger partial charge on any atom is -0.504 e. The number of hydrogen-bond acceptors (Lipinski definition) is 5. The summed E-state index contributed by atoms with van der Waals surface area (Å²) in [5.41, 5.74) is -0.268. The highest BCUT2D eigenvalue weighted by Gasteiger charge is 2.27. The van der Waals surface area contributed by atoms with Gasteiger partial charge in [-0.15, -0.1) is 0 Å². The molecule has 0 fully saturated rings. The molecule has 0 amide bonds. The first kappa shape index (κ1) is 12.6. The van der Waals surface area contributed by atoms with Gasteiger partial charge in [0.25, 0.3) is 0 Å². The minimum absolute atomic E-state index is 0.268. The quantitative estimate of drug-likeness (QED) is 0.483. The van der Waals surface area contributed by atoms with Crippen LogP contribution >= 0.6 is 0 Å². The van der Waals surface area contributed by atoms with Crippen LogP contribution in [0.3, 0.4) is 0 Å². The Morgan fingerprint density at radius 2 is 1.65 bits per heavy atom. The maximum Gasteiger partial charge on any atom is 0.311 e. The highest BCUT2D eigenvalue weighted by atomic mass is 16.4. The van der Waals surface area contributed by atoms with Crippen molar-refractivity contribution in [1.82, 2.24) is 0 Å². The fourth-order valence-electron chi connectivity index (χ4n) is 1.37. The largest absolute Gasteiger partial charge is 0.504 e. The van der Waals surface area contributed by atoms with Crippen LogP contribution in [0.5, 0.6) is 17.2 Å². The van der Waals surface area contributed by atoms with Crippen LogP contribution in [0.4, 0.5) is 0 Å². The van der Waals surface area contributed by atoms with Crippen LogP contribution in [-0.2, 0) is 9.59 Å². The van der Waals surface area contributed by atoms with Gasteiger partial charge in [0.05, 0.1) is 12.3 Å². The second-order valence-electron chi connectivity index (χ2n) is 3.36. The number of carbonyl (C=O) groups is 2. The van der Waals surface area contributed by atoms with Crippen molar-refractivity contribution in [2.45, 2.75) is 12.3 Å². The standard InChI is InChI=1S/C10H10O7/c11-6-2-1-4(8(14)9(6)15)5(10(16)17)3-7(12)13/h1-2,5,11,14-15H,3H2,(H,12,13)(H,16,17). The van der Waals surface area contributed by atoms with Crippen molar-refractivity contribution in [3.63, 3.8) is 0 Å². The number of phenolic OH excluding ortho intramolecular Hbond substituents is 3. The van der Waals surface area contributed by atoms with Gasteiger partial charge in [-0.1, -0.05) is 6.07 Å². The van der Waals surface area contributed by atoms with Crippen LogP contribution in [0.1, 0.15) is 17.9 Å². The number of benzene rings is 1. The summed E-state index contributed by atoms with van der Waals surface area (Å²) in [6.07, 6.45) is -0.743. The molecule has 7 nitrogen and oxygen atoms in total. The number of aliphatic carboxylic acids is 2. The monoisotopic (exact) mass is 242 g/mol. The Morgan fingerprint density at radius 1 is 1.06 bits per heavy atom. The maximum absolute atomic E-state index is 10.9. The van der Waals surface area contributed by atoms with Gasteiger partial charge in [-0.05, 0) is 6.07 Å². The summed E-state index contributed by atoms with van der Waals surface area (Å²) in [4.78, 5) is 21.4. The summed E-state index contributed by atoms with van der Waals surface area (Å²) in [5.74, 6) is -6.64. The highest BCUT2D eigenvalue weighted by Crippen LogP contribution is 2.41. The van der Waals surface area contributed by atoms with Crippen molar-refractivity contribution < 1.29 is 35.1 Å². The minimum atomic E-state index is -1.50. The Hall–Kier alpha value is -2.44. The van der Waals surface area contributed by atoms with Gasteiger partial charge in [0.2, 0.25) is 5.75 Å². The highest BCUT2D eigenvalue weighted by molar-refractivity contribution is 5.83. The van der Waals surface area contributed by atoms with E-state index >= 15 is 0 Å². The van der Waals surface area contributed by atoms with Crippen molar-refractivity contribution in [2.24, 2.45) is 0 Å². The Balaban J connectivity index is 3.24. The van der Waals surface area contributed by atoms with Crippen molar-refractivity contribution >= 4 is 11.9 Å². The van der Waals surface area contributed by atoms with E-state index < -0.39 is 41.5 Å². The van der Waals surface area contributed by atoms with Crippen LogP contribution in [0.15, 0.2) is 12.1 Å². The van der Waals surface area contributed by atoms with E-state index in [4.69, 9.17) is 15.3 Å². The van der Waals surface area contributed by atoms with E-state index in [-0.39, 0.29) is 5.56 Å². The summed E-state index contributed by atoms with van der Waals surface area (Å²) in [6.45, 7) is 0. The smallest absolute Gasteiger partial charge is 0.311 e. The molecule has 5 N–H and O–H groups in total. The van der Waals surface area contributed by atoms with E-state index in [0.717, 1.165) is 12.1 Å². The lowest BCUT2D eigenvalue weighted by atomic mass is 9.94. The van der Waals surface area contributed by atoms with E-state index in [0.29, 0.717) is 0 Å². The molecule has 1 aromatic rings. The average molecular weight is 242 g/mol. The summed E-state index contributed by atoms with van der Waals surface area (Å²) in [5, 5.41) is 45.1. The van der Waals surface area contributed by atoms with Crippen molar-refractivity contribution in [3.8, 4) is 17.2 Å². The molecule has 0 saturated heterocycles. The van der Waals surface area contributed by atoms with Gasteiger partial charge in [0, 0.05) is 5.56 Å². The van der Waals surface area contributed by atoms with Crippen molar-refractivity contribution in [3.05, 3.63) is 17.7 Å². The lowest BCUT2D eigenvalue weighted by molar-refractivity contribution is -0.145. The Bertz CT molecular complexity index is 466. The molecule has 1 aromatic carbocycles. The Kier molecular flexibility index (Phi) is 3.42. The number of carboxylic acid groups (broad SMARTS) is 2. The first-order chi connectivity index (χ1) is 7.84. The van der Waals surface area contributed by atoms with Crippen LogP contribution in [0.25, 0.3) is 0 Å². The van der Waals surface area contributed by atoms with Crippen LogP contribution in [-0.4, -0.2) is 37.5 Å². The van der Waals surface area contributed by atoms with Crippen molar-refractivity contribution in [1.29, 1.82) is 0 Å². The van der Waals surface area contributed by atoms with Gasteiger partial charge in [-0.25, -0.2) is 0 Å². The normalized spacial score (nSPS) is 12.0. The van der Waals surface area contributed by atoms with Gasteiger partial charge in [0.1, 0.15) is 0 Å². The molecule has 0 aliphatic carbocycles. The molecule has 0 saturated carbocycles. The number of aromatic hydroxyl groups is 3. The SMILES string of the molecule is O=C(O)CC(C(=O)O)c1ccc(O)c(O)c1O. The first-order valence-corrected chi connectivity index (χ1v) is 4.53.